The first kappa shape index (κ1) is 11.8. The second-order valence-electron chi connectivity index (χ2n) is 4.43. The van der Waals surface area contributed by atoms with E-state index in [9.17, 15) is 0 Å². The third-order valence-electron chi connectivity index (χ3n) is 3.25. The molecular weight excluding hydrogens is 240 g/mol. The van der Waals surface area contributed by atoms with Gasteiger partial charge < -0.3 is 14.8 Å². The second kappa shape index (κ2) is 5.18. The zero-order chi connectivity index (χ0) is 13.1. The molecule has 3 rings (SSSR count). The van der Waals surface area contributed by atoms with Gasteiger partial charge in [0, 0.05) is 18.2 Å². The number of nitrogens with zero attached hydrogens (tertiary/aromatic N) is 1. The smallest absolute Gasteiger partial charge is 0.237 e. The van der Waals surface area contributed by atoms with E-state index in [1.165, 1.54) is 5.56 Å². The van der Waals surface area contributed by atoms with E-state index in [0.717, 1.165) is 24.5 Å². The van der Waals surface area contributed by atoms with Crippen molar-refractivity contribution in [2.24, 2.45) is 0 Å². The van der Waals surface area contributed by atoms with Crippen LogP contribution in [0.2, 0.25) is 0 Å². The van der Waals surface area contributed by atoms with Crippen molar-refractivity contribution in [3.8, 4) is 11.6 Å². The molecule has 1 aromatic heterocycles. The zero-order valence-corrected chi connectivity index (χ0v) is 10.8. The minimum Gasteiger partial charge on any atom is -0.493 e. The Bertz CT molecular complexity index is 572. The molecule has 1 atom stereocenters. The molecule has 0 aliphatic carbocycles. The molecule has 2 heterocycles. The largest absolute Gasteiger partial charge is 0.493 e. The average Bonchev–Trinajstić information content (AvgIpc) is 2.48. The van der Waals surface area contributed by atoms with Crippen LogP contribution >= 0.6 is 0 Å². The van der Waals surface area contributed by atoms with Crippen LogP contribution < -0.4 is 14.8 Å². The Morgan fingerprint density at radius 3 is 3.05 bits per heavy atom. The Labute approximate surface area is 112 Å². The minimum atomic E-state index is 0.225. The molecule has 1 aliphatic heterocycles. The molecule has 0 fully saturated rings. The van der Waals surface area contributed by atoms with Gasteiger partial charge >= 0.3 is 0 Å². The predicted octanol–water partition coefficient (Wildman–Crippen LogP) is 3.03. The summed E-state index contributed by atoms with van der Waals surface area (Å²) >= 11 is 0. The van der Waals surface area contributed by atoms with E-state index in [1.807, 2.05) is 30.3 Å². The van der Waals surface area contributed by atoms with E-state index in [0.29, 0.717) is 5.88 Å². The van der Waals surface area contributed by atoms with Gasteiger partial charge in [-0.05, 0) is 18.2 Å². The summed E-state index contributed by atoms with van der Waals surface area (Å²) in [5.41, 5.74) is 2.09. The Morgan fingerprint density at radius 2 is 2.16 bits per heavy atom. The number of nitrogens with one attached hydrogen (secondary N) is 1. The first-order valence-electron chi connectivity index (χ1n) is 6.36. The highest BCUT2D eigenvalue weighted by molar-refractivity contribution is 5.55. The van der Waals surface area contributed by atoms with Crippen LogP contribution in [0, 0.1) is 0 Å². The van der Waals surface area contributed by atoms with E-state index < -0.39 is 0 Å². The normalized spacial score (nSPS) is 17.2. The molecule has 19 heavy (non-hydrogen) atoms. The maximum Gasteiger partial charge on any atom is 0.237 e. The Morgan fingerprint density at radius 1 is 1.26 bits per heavy atom. The topological polar surface area (TPSA) is 43.4 Å². The lowest BCUT2D eigenvalue weighted by Gasteiger charge is -2.27. The van der Waals surface area contributed by atoms with Crippen LogP contribution in [0.15, 0.2) is 42.6 Å². The number of anilines is 1. The van der Waals surface area contributed by atoms with Gasteiger partial charge in [-0.2, -0.15) is 0 Å². The van der Waals surface area contributed by atoms with Gasteiger partial charge in [0.05, 0.1) is 25.4 Å². The molecule has 0 radical (unpaired) electrons. The van der Waals surface area contributed by atoms with E-state index in [-0.39, 0.29) is 6.04 Å². The van der Waals surface area contributed by atoms with Crippen molar-refractivity contribution in [1.29, 1.82) is 0 Å². The number of benzene rings is 1. The molecule has 0 saturated carbocycles. The molecule has 0 spiro atoms. The van der Waals surface area contributed by atoms with Gasteiger partial charge in [-0.15, -0.1) is 0 Å². The van der Waals surface area contributed by atoms with Crippen molar-refractivity contribution in [2.45, 2.75) is 12.5 Å². The number of ether oxygens (including phenoxy) is 2. The van der Waals surface area contributed by atoms with Gasteiger partial charge in [0.2, 0.25) is 5.88 Å². The van der Waals surface area contributed by atoms with Gasteiger partial charge in [0.15, 0.2) is 0 Å². The number of methoxy groups -OCH3 is 1. The summed E-state index contributed by atoms with van der Waals surface area (Å²) in [5, 5.41) is 3.49. The van der Waals surface area contributed by atoms with Crippen molar-refractivity contribution >= 4 is 5.69 Å². The second-order valence-corrected chi connectivity index (χ2v) is 4.43. The molecule has 0 bridgehead atoms. The molecule has 0 saturated heterocycles. The molecule has 0 amide bonds. The van der Waals surface area contributed by atoms with Gasteiger partial charge in [0.1, 0.15) is 5.75 Å². The van der Waals surface area contributed by atoms with Crippen LogP contribution in [0.3, 0.4) is 0 Å². The Balaban J connectivity index is 1.88. The molecular formula is C15H16N2O2. The summed E-state index contributed by atoms with van der Waals surface area (Å²) in [6, 6.07) is 12.2. The molecule has 4 nitrogen and oxygen atoms in total. The highest BCUT2D eigenvalue weighted by atomic mass is 16.5. The van der Waals surface area contributed by atoms with Gasteiger partial charge in [-0.25, -0.2) is 4.98 Å². The predicted molar refractivity (Wildman–Crippen MR) is 73.7 cm³/mol. The number of aromatic nitrogens is 1. The van der Waals surface area contributed by atoms with E-state index in [2.05, 4.69) is 16.4 Å². The summed E-state index contributed by atoms with van der Waals surface area (Å²) in [7, 11) is 1.63. The first-order valence-corrected chi connectivity index (χ1v) is 6.36. The maximum absolute atomic E-state index is 5.66. The summed E-state index contributed by atoms with van der Waals surface area (Å²) < 4.78 is 10.9. The molecule has 1 aliphatic rings. The monoisotopic (exact) mass is 256 g/mol. The highest BCUT2D eigenvalue weighted by Gasteiger charge is 2.21. The van der Waals surface area contributed by atoms with Crippen molar-refractivity contribution in [3.05, 3.63) is 48.2 Å². The van der Waals surface area contributed by atoms with Crippen molar-refractivity contribution in [1.82, 2.24) is 4.98 Å². The Hall–Kier alpha value is -2.23. The molecule has 1 aromatic carbocycles. The lowest BCUT2D eigenvalue weighted by Crippen LogP contribution is -2.20. The van der Waals surface area contributed by atoms with Crippen molar-refractivity contribution in [3.63, 3.8) is 0 Å². The minimum absolute atomic E-state index is 0.225. The third-order valence-corrected chi connectivity index (χ3v) is 3.25. The Kier molecular flexibility index (Phi) is 3.23. The average molecular weight is 256 g/mol. The number of hydrogen-bond acceptors (Lipinski definition) is 4. The quantitative estimate of drug-likeness (QED) is 0.916. The fourth-order valence-electron chi connectivity index (χ4n) is 2.34. The first-order chi connectivity index (χ1) is 9.38. The van der Waals surface area contributed by atoms with Crippen molar-refractivity contribution in [2.75, 3.05) is 19.0 Å². The van der Waals surface area contributed by atoms with Crippen LogP contribution in [0.4, 0.5) is 5.69 Å². The molecule has 4 heteroatoms. The van der Waals surface area contributed by atoms with Gasteiger partial charge in [-0.3, -0.25) is 0 Å². The van der Waals surface area contributed by atoms with E-state index in [1.54, 1.807) is 13.3 Å². The molecule has 98 valence electrons. The number of fused-ring (bicyclic) bond motifs is 1. The van der Waals surface area contributed by atoms with Crippen LogP contribution in [0.1, 0.15) is 18.0 Å². The van der Waals surface area contributed by atoms with E-state index in [4.69, 9.17) is 9.47 Å². The number of hydrogen-bond donors (Lipinski definition) is 1. The zero-order valence-electron chi connectivity index (χ0n) is 10.8. The van der Waals surface area contributed by atoms with Gasteiger partial charge in [-0.1, -0.05) is 18.2 Å². The van der Waals surface area contributed by atoms with Crippen LogP contribution in [0.5, 0.6) is 11.6 Å². The standard InChI is InChI=1S/C15H16N2O2/c1-18-15-13(6-4-9-16-15)17-12-8-10-19-14-7-3-2-5-11(12)14/h2-7,9,12,17H,8,10H2,1H3. The molecule has 1 N–H and O–H groups in total. The number of pyridine rings is 1. The summed E-state index contributed by atoms with van der Waals surface area (Å²) in [6.07, 6.45) is 2.65. The SMILES string of the molecule is COc1ncccc1NC1CCOc2ccccc21. The summed E-state index contributed by atoms with van der Waals surface area (Å²) in [4.78, 5) is 4.20. The third kappa shape index (κ3) is 2.34. The fourth-order valence-corrected chi connectivity index (χ4v) is 2.34. The van der Waals surface area contributed by atoms with Crippen LogP contribution in [-0.4, -0.2) is 18.7 Å². The number of rotatable bonds is 3. The summed E-state index contributed by atoms with van der Waals surface area (Å²) in [6.45, 7) is 0.720. The number of para-hydroxylation sites is 1. The lowest BCUT2D eigenvalue weighted by atomic mass is 10.0. The van der Waals surface area contributed by atoms with Crippen LogP contribution in [0.25, 0.3) is 0 Å². The fraction of sp³-hybridized carbons (Fsp3) is 0.267. The van der Waals surface area contributed by atoms with Crippen LogP contribution in [-0.2, 0) is 0 Å². The maximum atomic E-state index is 5.66. The van der Waals surface area contributed by atoms with Gasteiger partial charge in [0.25, 0.3) is 0 Å². The van der Waals surface area contributed by atoms with E-state index >= 15 is 0 Å². The molecule has 2 aromatic rings. The van der Waals surface area contributed by atoms with Crippen molar-refractivity contribution < 1.29 is 9.47 Å². The molecule has 1 unspecified atom stereocenters. The summed E-state index contributed by atoms with van der Waals surface area (Å²) in [5.74, 6) is 1.57. The lowest BCUT2D eigenvalue weighted by molar-refractivity contribution is 0.274. The highest BCUT2D eigenvalue weighted by Crippen LogP contribution is 2.35.